The summed E-state index contributed by atoms with van der Waals surface area (Å²) in [5.41, 5.74) is 2.65. The molecule has 2 unspecified atom stereocenters. The number of rotatable bonds is 7. The lowest BCUT2D eigenvalue weighted by molar-refractivity contribution is 0.0136. The van der Waals surface area contributed by atoms with Crippen LogP contribution in [0.15, 0.2) is 60.7 Å². The first-order valence-electron chi connectivity index (χ1n) is 10.4. The van der Waals surface area contributed by atoms with Crippen molar-refractivity contribution in [3.8, 4) is 0 Å². The third-order valence-corrected chi connectivity index (χ3v) is 5.84. The number of aliphatic hydroxyl groups is 1. The first-order chi connectivity index (χ1) is 13.1. The van der Waals surface area contributed by atoms with Gasteiger partial charge in [0, 0.05) is 31.2 Å². The van der Waals surface area contributed by atoms with Crippen molar-refractivity contribution in [2.75, 3.05) is 13.1 Å². The predicted molar refractivity (Wildman–Crippen MR) is 113 cm³/mol. The van der Waals surface area contributed by atoms with E-state index in [-0.39, 0.29) is 18.2 Å². The van der Waals surface area contributed by atoms with Crippen LogP contribution in [0.1, 0.15) is 56.8 Å². The van der Waals surface area contributed by atoms with E-state index in [1.807, 2.05) is 0 Å². The van der Waals surface area contributed by atoms with Gasteiger partial charge in [-0.05, 0) is 29.9 Å². The molecule has 1 aliphatic rings. The average Bonchev–Trinajstić information content (AvgIpc) is 2.69. The van der Waals surface area contributed by atoms with Gasteiger partial charge in [0.1, 0.15) is 0 Å². The molecule has 0 bridgehead atoms. The van der Waals surface area contributed by atoms with Gasteiger partial charge in [-0.2, -0.15) is 0 Å². The Morgan fingerprint density at radius 1 is 1.00 bits per heavy atom. The molecule has 0 aliphatic carbocycles. The summed E-state index contributed by atoms with van der Waals surface area (Å²) in [5.74, 6) is 0.477. The molecular weight excluding hydrogens is 332 g/mol. The van der Waals surface area contributed by atoms with Crippen LogP contribution in [0.3, 0.4) is 0 Å². The van der Waals surface area contributed by atoms with Crippen LogP contribution < -0.4 is 5.32 Å². The lowest BCUT2D eigenvalue weighted by Crippen LogP contribution is -2.54. The maximum atomic E-state index is 10.9. The third kappa shape index (κ3) is 4.98. The van der Waals surface area contributed by atoms with Crippen molar-refractivity contribution in [2.24, 2.45) is 5.92 Å². The first kappa shape index (κ1) is 20.1. The third-order valence-electron chi connectivity index (χ3n) is 5.84. The van der Waals surface area contributed by atoms with Crippen LogP contribution in [0.25, 0.3) is 0 Å². The number of hydrogen-bond acceptors (Lipinski definition) is 3. The van der Waals surface area contributed by atoms with Crippen LogP contribution in [0, 0.1) is 5.92 Å². The highest BCUT2D eigenvalue weighted by Gasteiger charge is 2.33. The van der Waals surface area contributed by atoms with Crippen LogP contribution in [0.5, 0.6) is 0 Å². The fourth-order valence-corrected chi connectivity index (χ4v) is 4.38. The van der Waals surface area contributed by atoms with Crippen molar-refractivity contribution in [3.63, 3.8) is 0 Å². The molecule has 0 spiro atoms. The molecule has 4 atom stereocenters. The fourth-order valence-electron chi connectivity index (χ4n) is 4.38. The largest absolute Gasteiger partial charge is 0.390 e. The molecular formula is C24H34N2O. The molecule has 0 amide bonds. The zero-order valence-electron chi connectivity index (χ0n) is 16.9. The number of hydrogen-bond donors (Lipinski definition) is 2. The number of nitrogens with one attached hydrogen (secondary N) is 1. The van der Waals surface area contributed by atoms with E-state index in [9.17, 15) is 5.11 Å². The molecule has 1 saturated heterocycles. The number of nitrogens with zero attached hydrogens (tertiary/aromatic N) is 1. The number of benzene rings is 2. The van der Waals surface area contributed by atoms with Crippen LogP contribution in [-0.2, 0) is 0 Å². The second-order valence-corrected chi connectivity index (χ2v) is 8.09. The molecule has 2 aromatic carbocycles. The minimum atomic E-state index is -0.346. The summed E-state index contributed by atoms with van der Waals surface area (Å²) < 4.78 is 0. The maximum absolute atomic E-state index is 10.9. The Morgan fingerprint density at radius 3 is 2.11 bits per heavy atom. The van der Waals surface area contributed by atoms with Gasteiger partial charge < -0.3 is 10.4 Å². The van der Waals surface area contributed by atoms with Gasteiger partial charge in [0.2, 0.25) is 0 Å². The van der Waals surface area contributed by atoms with Gasteiger partial charge in [-0.3, -0.25) is 4.90 Å². The highest BCUT2D eigenvalue weighted by Crippen LogP contribution is 2.29. The summed E-state index contributed by atoms with van der Waals surface area (Å²) in [7, 11) is 0. The Hall–Kier alpha value is -1.68. The molecule has 146 valence electrons. The topological polar surface area (TPSA) is 35.5 Å². The van der Waals surface area contributed by atoms with Gasteiger partial charge in [0.05, 0.1) is 6.10 Å². The molecule has 3 heteroatoms. The lowest BCUT2D eigenvalue weighted by Gasteiger charge is -2.42. The summed E-state index contributed by atoms with van der Waals surface area (Å²) in [5, 5.41) is 14.7. The second-order valence-electron chi connectivity index (χ2n) is 8.09. The van der Waals surface area contributed by atoms with Gasteiger partial charge >= 0.3 is 0 Å². The van der Waals surface area contributed by atoms with E-state index in [0.717, 1.165) is 25.9 Å². The zero-order valence-corrected chi connectivity index (χ0v) is 16.9. The van der Waals surface area contributed by atoms with Crippen LogP contribution in [0.4, 0.5) is 0 Å². The van der Waals surface area contributed by atoms with Crippen molar-refractivity contribution in [2.45, 2.75) is 57.8 Å². The SMILES string of the molecule is CCC(c1ccccc1)N1CC[C@H](NC(c2ccccc2)C(C)C)[C@@H](O)C1. The van der Waals surface area contributed by atoms with E-state index in [1.54, 1.807) is 0 Å². The minimum absolute atomic E-state index is 0.141. The summed E-state index contributed by atoms with van der Waals surface area (Å²) >= 11 is 0. The summed E-state index contributed by atoms with van der Waals surface area (Å²) in [6.45, 7) is 8.47. The lowest BCUT2D eigenvalue weighted by atomic mass is 9.91. The Morgan fingerprint density at radius 2 is 1.59 bits per heavy atom. The summed E-state index contributed by atoms with van der Waals surface area (Å²) in [6, 6.07) is 22.1. The van der Waals surface area contributed by atoms with Crippen LogP contribution in [0.2, 0.25) is 0 Å². The van der Waals surface area contributed by atoms with Gasteiger partial charge in [-0.1, -0.05) is 81.4 Å². The molecule has 0 aromatic heterocycles. The number of aliphatic hydroxyl groups excluding tert-OH is 1. The molecule has 3 nitrogen and oxygen atoms in total. The summed E-state index contributed by atoms with van der Waals surface area (Å²) in [6.07, 6.45) is 1.69. The maximum Gasteiger partial charge on any atom is 0.0820 e. The normalized spacial score (nSPS) is 23.3. The quantitative estimate of drug-likeness (QED) is 0.754. The predicted octanol–water partition coefficient (Wildman–Crippen LogP) is 4.56. The highest BCUT2D eigenvalue weighted by atomic mass is 16.3. The minimum Gasteiger partial charge on any atom is -0.390 e. The Labute approximate surface area is 164 Å². The first-order valence-corrected chi connectivity index (χ1v) is 10.4. The van der Waals surface area contributed by atoms with Crippen LogP contribution in [-0.4, -0.2) is 35.2 Å². The van der Waals surface area contributed by atoms with E-state index < -0.39 is 0 Å². The second kappa shape index (κ2) is 9.50. The van der Waals surface area contributed by atoms with Gasteiger partial charge in [-0.25, -0.2) is 0 Å². The van der Waals surface area contributed by atoms with Gasteiger partial charge in [0.15, 0.2) is 0 Å². The Kier molecular flexibility index (Phi) is 7.06. The van der Waals surface area contributed by atoms with Crippen LogP contribution >= 0.6 is 0 Å². The molecule has 0 radical (unpaired) electrons. The Bertz CT molecular complexity index is 673. The van der Waals surface area contributed by atoms with E-state index in [2.05, 4.69) is 91.7 Å². The molecule has 1 aliphatic heterocycles. The molecule has 1 fully saturated rings. The molecule has 0 saturated carbocycles. The highest BCUT2D eigenvalue weighted by molar-refractivity contribution is 5.21. The zero-order chi connectivity index (χ0) is 19.2. The smallest absolute Gasteiger partial charge is 0.0820 e. The molecule has 2 N–H and O–H groups in total. The standard InChI is InChI=1S/C24H34N2O/c1-4-22(19-11-7-5-8-12-19)26-16-15-21(23(27)17-26)25-24(18(2)3)20-13-9-6-10-14-20/h5-14,18,21-25,27H,4,15-17H2,1-3H3/t21-,22?,23-,24?/m0/s1. The fraction of sp³-hybridized carbons (Fsp3) is 0.500. The summed E-state index contributed by atoms with van der Waals surface area (Å²) in [4.78, 5) is 2.45. The van der Waals surface area contributed by atoms with E-state index in [0.29, 0.717) is 12.0 Å². The Balaban J connectivity index is 1.66. The van der Waals surface area contributed by atoms with Crippen molar-refractivity contribution >= 4 is 0 Å². The molecule has 3 rings (SSSR count). The van der Waals surface area contributed by atoms with Crippen molar-refractivity contribution in [3.05, 3.63) is 71.8 Å². The van der Waals surface area contributed by atoms with E-state index in [1.165, 1.54) is 11.1 Å². The van der Waals surface area contributed by atoms with E-state index >= 15 is 0 Å². The number of piperidine rings is 1. The monoisotopic (exact) mass is 366 g/mol. The number of likely N-dealkylation sites (tertiary alicyclic amines) is 1. The van der Waals surface area contributed by atoms with Crippen molar-refractivity contribution in [1.29, 1.82) is 0 Å². The van der Waals surface area contributed by atoms with Gasteiger partial charge in [-0.15, -0.1) is 0 Å². The van der Waals surface area contributed by atoms with Gasteiger partial charge in [0.25, 0.3) is 0 Å². The molecule has 1 heterocycles. The van der Waals surface area contributed by atoms with Crippen molar-refractivity contribution < 1.29 is 5.11 Å². The molecule has 27 heavy (non-hydrogen) atoms. The van der Waals surface area contributed by atoms with E-state index in [4.69, 9.17) is 0 Å². The average molecular weight is 367 g/mol. The van der Waals surface area contributed by atoms with Crippen molar-refractivity contribution in [1.82, 2.24) is 10.2 Å². The number of β-amino-alcohol motifs (C(OH)–C–C–N with tert-alkyl or cyclic N) is 1. The molecule has 2 aromatic rings.